The highest BCUT2D eigenvalue weighted by Crippen LogP contribution is 2.36. The average molecular weight is 457 g/mol. The van der Waals surface area contributed by atoms with Gasteiger partial charge in [-0.05, 0) is 32.4 Å². The molecule has 0 saturated carbocycles. The lowest BCUT2D eigenvalue weighted by Gasteiger charge is -2.34. The first-order valence-electron chi connectivity index (χ1n) is 8.40. The molecule has 0 aromatic rings. The van der Waals surface area contributed by atoms with E-state index in [1.807, 2.05) is 0 Å². The van der Waals surface area contributed by atoms with Gasteiger partial charge < -0.3 is 20.1 Å². The first-order valence-corrected chi connectivity index (χ1v) is 9.39. The molecule has 7 heteroatoms. The number of hydrogen-bond acceptors (Lipinski definition) is 4. The van der Waals surface area contributed by atoms with Gasteiger partial charge in [0.05, 0.1) is 12.1 Å². The molecule has 0 aliphatic carbocycles. The van der Waals surface area contributed by atoms with Gasteiger partial charge in [0.25, 0.3) is 0 Å². The maximum absolute atomic E-state index is 5.76. The van der Waals surface area contributed by atoms with Crippen LogP contribution >= 0.6 is 35.7 Å². The molecule has 2 saturated heterocycles. The highest BCUT2D eigenvalue weighted by atomic mass is 127. The number of nitrogens with one attached hydrogen (secondary N) is 2. The minimum Gasteiger partial charge on any atom is -0.381 e. The first-order chi connectivity index (χ1) is 10.6. The molecule has 2 rings (SSSR count). The van der Waals surface area contributed by atoms with E-state index >= 15 is 0 Å². The molecule has 2 N–H and O–H groups in total. The van der Waals surface area contributed by atoms with Crippen LogP contribution in [0.15, 0.2) is 4.99 Å². The van der Waals surface area contributed by atoms with Crippen molar-refractivity contribution < 1.29 is 9.47 Å². The normalized spacial score (nSPS) is 27.3. The lowest BCUT2D eigenvalue weighted by atomic mass is 9.94. The summed E-state index contributed by atoms with van der Waals surface area (Å²) in [5.74, 6) is 2.18. The Hall–Kier alpha value is 0.270. The van der Waals surface area contributed by atoms with Crippen molar-refractivity contribution >= 4 is 41.7 Å². The van der Waals surface area contributed by atoms with E-state index in [1.165, 1.54) is 18.6 Å². The van der Waals surface area contributed by atoms with Gasteiger partial charge in [0.2, 0.25) is 0 Å². The predicted molar refractivity (Wildman–Crippen MR) is 109 cm³/mol. The van der Waals surface area contributed by atoms with Gasteiger partial charge in [-0.3, -0.25) is 4.99 Å². The summed E-state index contributed by atoms with van der Waals surface area (Å²) in [6.07, 6.45) is 4.44. The Morgan fingerprint density at radius 1 is 1.26 bits per heavy atom. The standard InChI is InChI=1S/C16H31N3O2S.HI/c1-4-17-14(18-12-15(2)6-5-11-22-15)19-13-16(20-3)7-9-21-10-8-16;/h4-13H2,1-3H3,(H2,17,18,19);1H. The van der Waals surface area contributed by atoms with Crippen molar-refractivity contribution in [1.82, 2.24) is 10.6 Å². The number of methoxy groups -OCH3 is 1. The van der Waals surface area contributed by atoms with Crippen LogP contribution in [-0.2, 0) is 9.47 Å². The van der Waals surface area contributed by atoms with Crippen molar-refractivity contribution in [2.45, 2.75) is 49.9 Å². The third kappa shape index (κ3) is 6.59. The lowest BCUT2D eigenvalue weighted by molar-refractivity contribution is -0.0828. The van der Waals surface area contributed by atoms with E-state index < -0.39 is 0 Å². The molecule has 0 aromatic heterocycles. The Kier molecular flexibility index (Phi) is 9.55. The van der Waals surface area contributed by atoms with Gasteiger partial charge in [-0.15, -0.1) is 24.0 Å². The molecular weight excluding hydrogens is 425 g/mol. The highest BCUT2D eigenvalue weighted by molar-refractivity contribution is 14.0. The molecule has 2 fully saturated rings. The van der Waals surface area contributed by atoms with Crippen molar-refractivity contribution in [3.05, 3.63) is 0 Å². The molecule has 2 aliphatic heterocycles. The number of thioether (sulfide) groups is 1. The quantitative estimate of drug-likeness (QED) is 0.365. The molecule has 136 valence electrons. The van der Waals surface area contributed by atoms with Gasteiger partial charge in [0, 0.05) is 51.0 Å². The van der Waals surface area contributed by atoms with E-state index in [0.717, 1.165) is 45.1 Å². The zero-order chi connectivity index (χ0) is 15.9. The summed E-state index contributed by atoms with van der Waals surface area (Å²) < 4.78 is 11.5. The zero-order valence-electron chi connectivity index (χ0n) is 14.7. The second kappa shape index (κ2) is 10.3. The summed E-state index contributed by atoms with van der Waals surface area (Å²) in [6, 6.07) is 0. The molecule has 5 nitrogen and oxygen atoms in total. The van der Waals surface area contributed by atoms with Gasteiger partial charge in [0.1, 0.15) is 0 Å². The van der Waals surface area contributed by atoms with Gasteiger partial charge in [-0.25, -0.2) is 0 Å². The van der Waals surface area contributed by atoms with Crippen LogP contribution in [0.25, 0.3) is 0 Å². The second-order valence-electron chi connectivity index (χ2n) is 6.45. The molecule has 1 unspecified atom stereocenters. The van der Waals surface area contributed by atoms with Crippen LogP contribution in [0, 0.1) is 0 Å². The lowest BCUT2D eigenvalue weighted by Crippen LogP contribution is -2.46. The van der Waals surface area contributed by atoms with Gasteiger partial charge >= 0.3 is 0 Å². The van der Waals surface area contributed by atoms with Crippen LogP contribution in [0.4, 0.5) is 0 Å². The van der Waals surface area contributed by atoms with Crippen LogP contribution < -0.4 is 10.6 Å². The fourth-order valence-corrected chi connectivity index (χ4v) is 4.23. The van der Waals surface area contributed by atoms with E-state index in [-0.39, 0.29) is 29.6 Å². The Morgan fingerprint density at radius 2 is 2.00 bits per heavy atom. The molecule has 0 amide bonds. The van der Waals surface area contributed by atoms with E-state index in [2.05, 4.69) is 36.2 Å². The number of nitrogens with zero attached hydrogens (tertiary/aromatic N) is 1. The molecular formula is C16H32IN3O2S. The smallest absolute Gasteiger partial charge is 0.191 e. The Labute approximate surface area is 162 Å². The molecule has 0 aromatic carbocycles. The number of halogens is 1. The molecule has 1 atom stereocenters. The number of rotatable bonds is 6. The van der Waals surface area contributed by atoms with E-state index in [4.69, 9.17) is 14.5 Å². The molecule has 0 bridgehead atoms. The fraction of sp³-hybridized carbons (Fsp3) is 0.938. The van der Waals surface area contributed by atoms with Crippen molar-refractivity contribution in [3.8, 4) is 0 Å². The Balaban J connectivity index is 0.00000264. The van der Waals surface area contributed by atoms with Crippen molar-refractivity contribution in [1.29, 1.82) is 0 Å². The third-order valence-electron chi connectivity index (χ3n) is 4.64. The van der Waals surface area contributed by atoms with Crippen molar-refractivity contribution in [2.75, 3.05) is 45.7 Å². The van der Waals surface area contributed by atoms with Crippen LogP contribution in [-0.4, -0.2) is 62.0 Å². The largest absolute Gasteiger partial charge is 0.381 e. The van der Waals surface area contributed by atoms with E-state index in [0.29, 0.717) is 11.3 Å². The van der Waals surface area contributed by atoms with E-state index in [1.54, 1.807) is 7.11 Å². The summed E-state index contributed by atoms with van der Waals surface area (Å²) >= 11 is 2.07. The summed E-state index contributed by atoms with van der Waals surface area (Å²) in [4.78, 5) is 4.78. The van der Waals surface area contributed by atoms with E-state index in [9.17, 15) is 0 Å². The number of guanidine groups is 1. The summed E-state index contributed by atoms with van der Waals surface area (Å²) in [5.41, 5.74) is -0.160. The van der Waals surface area contributed by atoms with Gasteiger partial charge in [0.15, 0.2) is 5.96 Å². The van der Waals surface area contributed by atoms with Crippen LogP contribution in [0.5, 0.6) is 0 Å². The first kappa shape index (κ1) is 21.3. The summed E-state index contributed by atoms with van der Waals surface area (Å²) in [7, 11) is 1.79. The van der Waals surface area contributed by atoms with Crippen LogP contribution in [0.2, 0.25) is 0 Å². The third-order valence-corrected chi connectivity index (χ3v) is 6.18. The second-order valence-corrected chi connectivity index (χ2v) is 8.13. The minimum absolute atomic E-state index is 0. The number of hydrogen-bond donors (Lipinski definition) is 2. The minimum atomic E-state index is -0.160. The van der Waals surface area contributed by atoms with Gasteiger partial charge in [-0.2, -0.15) is 11.8 Å². The molecule has 0 radical (unpaired) electrons. The average Bonchev–Trinajstić information content (AvgIpc) is 2.98. The topological polar surface area (TPSA) is 54.9 Å². The Morgan fingerprint density at radius 3 is 2.57 bits per heavy atom. The van der Waals surface area contributed by atoms with Gasteiger partial charge in [-0.1, -0.05) is 0 Å². The molecule has 2 heterocycles. The van der Waals surface area contributed by atoms with Crippen LogP contribution in [0.1, 0.15) is 39.5 Å². The Bertz CT molecular complexity index is 370. The van der Waals surface area contributed by atoms with Crippen molar-refractivity contribution in [3.63, 3.8) is 0 Å². The van der Waals surface area contributed by atoms with Crippen molar-refractivity contribution in [2.24, 2.45) is 4.99 Å². The fourth-order valence-electron chi connectivity index (χ4n) is 2.98. The maximum atomic E-state index is 5.76. The zero-order valence-corrected chi connectivity index (χ0v) is 17.8. The highest BCUT2D eigenvalue weighted by Gasteiger charge is 2.33. The molecule has 0 spiro atoms. The predicted octanol–water partition coefficient (Wildman–Crippen LogP) is 2.64. The van der Waals surface area contributed by atoms with Crippen LogP contribution in [0.3, 0.4) is 0 Å². The summed E-state index contributed by atoms with van der Waals surface area (Å²) in [5, 5.41) is 6.86. The molecule has 2 aliphatic rings. The molecule has 23 heavy (non-hydrogen) atoms. The maximum Gasteiger partial charge on any atom is 0.191 e. The summed E-state index contributed by atoms with van der Waals surface area (Å²) in [6.45, 7) is 8.50. The number of aliphatic imine (C=N–C) groups is 1. The monoisotopic (exact) mass is 457 g/mol. The number of ether oxygens (including phenoxy) is 2. The SMILES string of the molecule is CCNC(=NCC1(OC)CCOCC1)NCC1(C)CCCS1.I.